The summed E-state index contributed by atoms with van der Waals surface area (Å²) in [5.41, 5.74) is 1.43. The summed E-state index contributed by atoms with van der Waals surface area (Å²) in [6.45, 7) is 0.726. The first-order chi connectivity index (χ1) is 12.2. The van der Waals surface area contributed by atoms with Crippen LogP contribution in [0.15, 0.2) is 34.7 Å². The van der Waals surface area contributed by atoms with Crippen molar-refractivity contribution in [1.82, 2.24) is 15.2 Å². The van der Waals surface area contributed by atoms with E-state index in [4.69, 9.17) is 9.15 Å². The maximum atomic E-state index is 12.2. The van der Waals surface area contributed by atoms with Gasteiger partial charge in [-0.3, -0.25) is 4.79 Å². The van der Waals surface area contributed by atoms with Gasteiger partial charge < -0.3 is 24.2 Å². The molecule has 25 heavy (non-hydrogen) atoms. The molecule has 2 amide bonds. The molecule has 2 heterocycles. The molecule has 1 aliphatic rings. The van der Waals surface area contributed by atoms with Gasteiger partial charge in [-0.25, -0.2) is 9.78 Å². The van der Waals surface area contributed by atoms with Crippen molar-refractivity contribution >= 4 is 18.3 Å². The van der Waals surface area contributed by atoms with Crippen LogP contribution in [0.25, 0.3) is 0 Å². The molecule has 0 saturated carbocycles. The summed E-state index contributed by atoms with van der Waals surface area (Å²) in [6, 6.07) is 9.41. The summed E-state index contributed by atoms with van der Waals surface area (Å²) in [5, 5.41) is 2.36. The number of hydrogen-bond donors (Lipinski definition) is 1. The molecule has 0 aliphatic carbocycles. The molecule has 130 valence electrons. The van der Waals surface area contributed by atoms with Gasteiger partial charge in [0.2, 0.25) is 0 Å². The Balaban J connectivity index is 1.58. The number of hydrogen-bond acceptors (Lipinski definition) is 6. The van der Waals surface area contributed by atoms with Gasteiger partial charge in [-0.2, -0.15) is 0 Å². The van der Waals surface area contributed by atoms with Crippen LogP contribution < -0.4 is 5.32 Å². The van der Waals surface area contributed by atoms with Gasteiger partial charge in [0.1, 0.15) is 24.3 Å². The van der Waals surface area contributed by atoms with Crippen LogP contribution in [0.3, 0.4) is 0 Å². The van der Waals surface area contributed by atoms with Crippen molar-refractivity contribution in [3.05, 3.63) is 53.2 Å². The topological polar surface area (TPSA) is 102 Å². The fourth-order valence-corrected chi connectivity index (χ4v) is 2.47. The van der Waals surface area contributed by atoms with Crippen LogP contribution in [-0.4, -0.2) is 41.3 Å². The number of carbonyl (C=O) groups excluding carboxylic acids is 3. The van der Waals surface area contributed by atoms with Gasteiger partial charge in [-0.05, 0) is 5.56 Å². The number of aldehydes is 1. The van der Waals surface area contributed by atoms with Crippen LogP contribution >= 0.6 is 0 Å². The molecule has 8 heteroatoms. The fourth-order valence-electron chi connectivity index (χ4n) is 2.47. The molecular weight excluding hydrogens is 326 g/mol. The molecule has 1 N–H and O–H groups in total. The van der Waals surface area contributed by atoms with Crippen molar-refractivity contribution in [2.75, 3.05) is 13.1 Å². The standard InChI is InChI=1S/C17H17N3O5/c21-9-7-18-15(22)16-19-13-10-20(8-6-14(13)25-16)17(23)24-11-12-4-2-1-3-5-12/h1-5,9H,6-8,10-11H2,(H,18,22). The number of aromatic nitrogens is 1. The second-order valence-electron chi connectivity index (χ2n) is 5.48. The van der Waals surface area contributed by atoms with E-state index < -0.39 is 12.0 Å². The predicted octanol–water partition coefficient (Wildman–Crippen LogP) is 1.30. The maximum Gasteiger partial charge on any atom is 0.410 e. The quantitative estimate of drug-likeness (QED) is 0.821. The monoisotopic (exact) mass is 343 g/mol. The Morgan fingerprint density at radius 3 is 2.88 bits per heavy atom. The van der Waals surface area contributed by atoms with Crippen molar-refractivity contribution in [2.24, 2.45) is 0 Å². The molecule has 0 saturated heterocycles. The van der Waals surface area contributed by atoms with E-state index in [9.17, 15) is 14.4 Å². The zero-order chi connectivity index (χ0) is 17.6. The van der Waals surface area contributed by atoms with E-state index in [1.807, 2.05) is 30.3 Å². The Bertz CT molecular complexity index is 772. The summed E-state index contributed by atoms with van der Waals surface area (Å²) in [5.74, 6) is -0.0885. The third-order valence-corrected chi connectivity index (χ3v) is 3.73. The molecular formula is C17H17N3O5. The molecule has 1 aromatic heterocycles. The van der Waals surface area contributed by atoms with Crippen LogP contribution in [0.5, 0.6) is 0 Å². The van der Waals surface area contributed by atoms with Crippen molar-refractivity contribution in [3.63, 3.8) is 0 Å². The van der Waals surface area contributed by atoms with Crippen LogP contribution in [-0.2, 0) is 29.1 Å². The number of amides is 2. The number of nitrogens with one attached hydrogen (secondary N) is 1. The van der Waals surface area contributed by atoms with E-state index in [0.717, 1.165) is 5.56 Å². The Labute approximate surface area is 143 Å². The first kappa shape index (κ1) is 16.7. The number of ether oxygens (including phenoxy) is 1. The highest BCUT2D eigenvalue weighted by Crippen LogP contribution is 2.20. The van der Waals surface area contributed by atoms with Gasteiger partial charge in [0.25, 0.3) is 5.89 Å². The highest BCUT2D eigenvalue weighted by atomic mass is 16.6. The first-order valence-electron chi connectivity index (χ1n) is 7.83. The van der Waals surface area contributed by atoms with E-state index in [-0.39, 0.29) is 25.6 Å². The van der Waals surface area contributed by atoms with E-state index >= 15 is 0 Å². The number of carbonyl (C=O) groups is 3. The minimum atomic E-state index is -0.556. The Hall–Kier alpha value is -3.16. The lowest BCUT2D eigenvalue weighted by molar-refractivity contribution is -0.107. The highest BCUT2D eigenvalue weighted by Gasteiger charge is 2.28. The predicted molar refractivity (Wildman–Crippen MR) is 85.6 cm³/mol. The number of oxazole rings is 1. The number of rotatable bonds is 5. The fraction of sp³-hybridized carbons (Fsp3) is 0.294. The van der Waals surface area contributed by atoms with E-state index in [1.54, 1.807) is 0 Å². The normalized spacial score (nSPS) is 13.0. The molecule has 8 nitrogen and oxygen atoms in total. The maximum absolute atomic E-state index is 12.2. The molecule has 0 atom stereocenters. The van der Waals surface area contributed by atoms with Crippen molar-refractivity contribution in [3.8, 4) is 0 Å². The van der Waals surface area contributed by atoms with Gasteiger partial charge in [0.15, 0.2) is 0 Å². The summed E-state index contributed by atoms with van der Waals surface area (Å²) >= 11 is 0. The minimum absolute atomic E-state index is 0.105. The van der Waals surface area contributed by atoms with Crippen molar-refractivity contribution in [2.45, 2.75) is 19.6 Å². The van der Waals surface area contributed by atoms with Gasteiger partial charge in [-0.1, -0.05) is 30.3 Å². The van der Waals surface area contributed by atoms with Gasteiger partial charge in [0.05, 0.1) is 13.1 Å². The van der Waals surface area contributed by atoms with Crippen LogP contribution in [0.4, 0.5) is 4.79 Å². The Morgan fingerprint density at radius 2 is 2.12 bits per heavy atom. The lowest BCUT2D eigenvalue weighted by Crippen LogP contribution is -2.36. The number of nitrogens with zero attached hydrogens (tertiary/aromatic N) is 2. The minimum Gasteiger partial charge on any atom is -0.445 e. The second-order valence-corrected chi connectivity index (χ2v) is 5.48. The van der Waals surface area contributed by atoms with Gasteiger partial charge in [0, 0.05) is 13.0 Å². The second kappa shape index (κ2) is 7.61. The molecule has 0 bridgehead atoms. The van der Waals surface area contributed by atoms with E-state index in [0.29, 0.717) is 30.7 Å². The zero-order valence-electron chi connectivity index (χ0n) is 13.4. The molecule has 2 aromatic rings. The molecule has 1 aliphatic heterocycles. The summed E-state index contributed by atoms with van der Waals surface area (Å²) < 4.78 is 10.7. The molecule has 1 aromatic carbocycles. The van der Waals surface area contributed by atoms with Crippen LogP contribution in [0.2, 0.25) is 0 Å². The summed E-state index contributed by atoms with van der Waals surface area (Å²) in [4.78, 5) is 39.9. The molecule has 0 fully saturated rings. The molecule has 0 radical (unpaired) electrons. The Morgan fingerprint density at radius 1 is 1.32 bits per heavy atom. The molecule has 0 spiro atoms. The van der Waals surface area contributed by atoms with Crippen LogP contribution in [0, 0.1) is 0 Å². The lowest BCUT2D eigenvalue weighted by atomic mass is 10.2. The average Bonchev–Trinajstić information content (AvgIpc) is 3.08. The average molecular weight is 343 g/mol. The molecule has 0 unspecified atom stereocenters. The Kier molecular flexibility index (Phi) is 5.08. The third kappa shape index (κ3) is 4.03. The van der Waals surface area contributed by atoms with E-state index in [1.165, 1.54) is 4.90 Å². The third-order valence-electron chi connectivity index (χ3n) is 3.73. The SMILES string of the molecule is O=CCNC(=O)c1nc2c(o1)CCN(C(=O)OCc1ccccc1)C2. The highest BCUT2D eigenvalue weighted by molar-refractivity contribution is 5.90. The van der Waals surface area contributed by atoms with Gasteiger partial charge >= 0.3 is 12.0 Å². The lowest BCUT2D eigenvalue weighted by Gasteiger charge is -2.24. The van der Waals surface area contributed by atoms with Crippen molar-refractivity contribution < 1.29 is 23.5 Å². The summed E-state index contributed by atoms with van der Waals surface area (Å²) in [7, 11) is 0. The van der Waals surface area contributed by atoms with Gasteiger partial charge in [-0.15, -0.1) is 0 Å². The number of fused-ring (bicyclic) bond motifs is 1. The summed E-state index contributed by atoms with van der Waals surface area (Å²) in [6.07, 6.45) is 0.582. The first-order valence-corrected chi connectivity index (χ1v) is 7.83. The largest absolute Gasteiger partial charge is 0.445 e. The number of benzene rings is 1. The smallest absolute Gasteiger partial charge is 0.410 e. The van der Waals surface area contributed by atoms with Crippen molar-refractivity contribution in [1.29, 1.82) is 0 Å². The van der Waals surface area contributed by atoms with Crippen LogP contribution in [0.1, 0.15) is 27.7 Å². The zero-order valence-corrected chi connectivity index (χ0v) is 13.4. The molecule has 3 rings (SSSR count). The van der Waals surface area contributed by atoms with E-state index in [2.05, 4.69) is 10.3 Å².